The Kier molecular flexibility index (Phi) is 7.60. The van der Waals surface area contributed by atoms with Gasteiger partial charge >= 0.3 is 0 Å². The van der Waals surface area contributed by atoms with Crippen LogP contribution in [0.4, 0.5) is 5.69 Å². The summed E-state index contributed by atoms with van der Waals surface area (Å²) in [4.78, 5) is 18.7. The Morgan fingerprint density at radius 1 is 1.10 bits per heavy atom. The van der Waals surface area contributed by atoms with Crippen LogP contribution in [0.3, 0.4) is 0 Å². The van der Waals surface area contributed by atoms with Crippen molar-refractivity contribution in [3.05, 3.63) is 66.1 Å². The molecule has 0 aliphatic carbocycles. The lowest BCUT2D eigenvalue weighted by Crippen LogP contribution is -2.28. The summed E-state index contributed by atoms with van der Waals surface area (Å²) in [5.74, 6) is 1.53. The highest BCUT2D eigenvalue weighted by Crippen LogP contribution is 2.20. The number of carbonyl (C=O) groups excluding carboxylic acids is 1. The maximum absolute atomic E-state index is 12.1. The minimum absolute atomic E-state index is 0.00148. The average molecular weight is 407 g/mol. The van der Waals surface area contributed by atoms with Crippen LogP contribution in [0.5, 0.6) is 0 Å². The van der Waals surface area contributed by atoms with Crippen LogP contribution >= 0.6 is 0 Å². The Bertz CT molecular complexity index is 920. The van der Waals surface area contributed by atoms with Crippen LogP contribution in [0.25, 0.3) is 11.4 Å². The van der Waals surface area contributed by atoms with Gasteiger partial charge in [0, 0.05) is 44.2 Å². The van der Waals surface area contributed by atoms with E-state index in [2.05, 4.69) is 65.5 Å². The molecular formula is C24H30N4O2. The Morgan fingerprint density at radius 3 is 2.53 bits per heavy atom. The fourth-order valence-corrected chi connectivity index (χ4v) is 3.16. The van der Waals surface area contributed by atoms with Crippen molar-refractivity contribution in [1.82, 2.24) is 15.5 Å². The van der Waals surface area contributed by atoms with Gasteiger partial charge in [-0.05, 0) is 30.0 Å². The molecule has 1 aromatic heterocycles. The van der Waals surface area contributed by atoms with E-state index in [1.54, 1.807) is 0 Å². The summed E-state index contributed by atoms with van der Waals surface area (Å²) in [6, 6.07) is 18.4. The molecular weight excluding hydrogens is 376 g/mol. The molecule has 1 amide bonds. The number of rotatable bonds is 10. The number of aromatic nitrogens is 2. The molecule has 1 N–H and O–H groups in total. The van der Waals surface area contributed by atoms with Crippen LogP contribution in [0.15, 0.2) is 59.1 Å². The first-order chi connectivity index (χ1) is 14.5. The van der Waals surface area contributed by atoms with Crippen molar-refractivity contribution in [3.8, 4) is 11.4 Å². The fourth-order valence-electron chi connectivity index (χ4n) is 3.16. The van der Waals surface area contributed by atoms with E-state index in [1.807, 2.05) is 30.3 Å². The summed E-state index contributed by atoms with van der Waals surface area (Å²) < 4.78 is 5.31. The third-order valence-electron chi connectivity index (χ3n) is 5.06. The smallest absolute Gasteiger partial charge is 0.227 e. The zero-order chi connectivity index (χ0) is 21.3. The van der Waals surface area contributed by atoms with Gasteiger partial charge in [0.15, 0.2) is 0 Å². The number of benzene rings is 2. The Labute approximate surface area is 178 Å². The first-order valence-electron chi connectivity index (χ1n) is 10.5. The largest absolute Gasteiger partial charge is 0.375 e. The number of nitrogens with one attached hydrogen (secondary N) is 1. The Morgan fingerprint density at radius 2 is 1.83 bits per heavy atom. The van der Waals surface area contributed by atoms with Gasteiger partial charge in [0.05, 0.1) is 0 Å². The highest BCUT2D eigenvalue weighted by Gasteiger charge is 2.11. The number of hydrogen-bond acceptors (Lipinski definition) is 5. The molecule has 0 spiro atoms. The number of nitrogens with zero attached hydrogens (tertiary/aromatic N) is 3. The van der Waals surface area contributed by atoms with Gasteiger partial charge < -0.3 is 14.7 Å². The van der Waals surface area contributed by atoms with E-state index in [0.717, 1.165) is 18.5 Å². The lowest BCUT2D eigenvalue weighted by Gasteiger charge is -2.19. The Hall–Kier alpha value is -3.15. The number of amides is 1. The number of anilines is 1. The summed E-state index contributed by atoms with van der Waals surface area (Å²) in [5, 5.41) is 7.00. The Balaban J connectivity index is 1.38. The number of carbonyl (C=O) groups is 1. The van der Waals surface area contributed by atoms with Crippen LogP contribution in [-0.2, 0) is 11.2 Å². The predicted molar refractivity (Wildman–Crippen MR) is 119 cm³/mol. The van der Waals surface area contributed by atoms with E-state index in [0.29, 0.717) is 37.0 Å². The van der Waals surface area contributed by atoms with Crippen LogP contribution in [0.2, 0.25) is 0 Å². The van der Waals surface area contributed by atoms with Crippen LogP contribution < -0.4 is 10.2 Å². The van der Waals surface area contributed by atoms with Crippen LogP contribution in [0, 0.1) is 0 Å². The maximum atomic E-state index is 12.1. The monoisotopic (exact) mass is 406 g/mol. The van der Waals surface area contributed by atoms with Gasteiger partial charge in [-0.1, -0.05) is 61.5 Å². The minimum Gasteiger partial charge on any atom is -0.375 e. The van der Waals surface area contributed by atoms with Crippen molar-refractivity contribution >= 4 is 11.6 Å². The van der Waals surface area contributed by atoms with Gasteiger partial charge in [-0.2, -0.15) is 4.98 Å². The molecule has 6 nitrogen and oxygen atoms in total. The topological polar surface area (TPSA) is 71.3 Å². The lowest BCUT2D eigenvalue weighted by atomic mass is 10.0. The first kappa shape index (κ1) is 21.6. The quantitative estimate of drug-likeness (QED) is 0.504. The molecule has 3 aromatic rings. The number of aryl methyl sites for hydroxylation is 1. The third-order valence-corrected chi connectivity index (χ3v) is 5.06. The predicted octanol–water partition coefficient (Wildman–Crippen LogP) is 4.44. The lowest BCUT2D eigenvalue weighted by molar-refractivity contribution is -0.121. The van der Waals surface area contributed by atoms with Gasteiger partial charge in [-0.15, -0.1) is 0 Å². The summed E-state index contributed by atoms with van der Waals surface area (Å²) in [6.45, 7) is 5.85. The second-order valence-corrected chi connectivity index (χ2v) is 7.75. The standard InChI is InChI=1S/C24H30N4O2/c1-18(2)19-10-12-20(13-11-19)24-26-23(30-27-24)15-14-22(29)25-16-7-17-28(3)21-8-5-4-6-9-21/h4-6,8-13,18H,7,14-17H2,1-3H3,(H,25,29). The molecule has 0 aliphatic rings. The first-order valence-corrected chi connectivity index (χ1v) is 10.5. The minimum atomic E-state index is -0.00148. The summed E-state index contributed by atoms with van der Waals surface area (Å²) >= 11 is 0. The van der Waals surface area contributed by atoms with E-state index in [-0.39, 0.29) is 5.91 Å². The van der Waals surface area contributed by atoms with Gasteiger partial charge in [-0.3, -0.25) is 4.79 Å². The van der Waals surface area contributed by atoms with Crippen molar-refractivity contribution < 1.29 is 9.32 Å². The van der Waals surface area contributed by atoms with Crippen molar-refractivity contribution in [2.45, 2.75) is 39.0 Å². The number of para-hydroxylation sites is 1. The molecule has 0 atom stereocenters. The summed E-state index contributed by atoms with van der Waals surface area (Å²) in [6.07, 6.45) is 1.66. The van der Waals surface area contributed by atoms with E-state index in [1.165, 1.54) is 11.3 Å². The molecule has 0 radical (unpaired) electrons. The molecule has 6 heteroatoms. The van der Waals surface area contributed by atoms with Crippen molar-refractivity contribution in [2.24, 2.45) is 0 Å². The SMILES string of the molecule is CC(C)c1ccc(-c2noc(CCC(=O)NCCCN(C)c3ccccc3)n2)cc1. The maximum Gasteiger partial charge on any atom is 0.227 e. The molecule has 0 unspecified atom stereocenters. The fraction of sp³-hybridized carbons (Fsp3) is 0.375. The van der Waals surface area contributed by atoms with Gasteiger partial charge in [0.1, 0.15) is 0 Å². The average Bonchev–Trinajstić information content (AvgIpc) is 3.25. The number of hydrogen-bond donors (Lipinski definition) is 1. The van der Waals surface area contributed by atoms with Crippen LogP contribution in [0.1, 0.15) is 44.1 Å². The molecule has 1 heterocycles. The highest BCUT2D eigenvalue weighted by atomic mass is 16.5. The normalized spacial score (nSPS) is 10.9. The second-order valence-electron chi connectivity index (χ2n) is 7.75. The molecule has 2 aromatic carbocycles. The van der Waals surface area contributed by atoms with Gasteiger partial charge in [0.2, 0.25) is 17.6 Å². The molecule has 30 heavy (non-hydrogen) atoms. The van der Waals surface area contributed by atoms with E-state index in [4.69, 9.17) is 4.52 Å². The molecule has 0 fully saturated rings. The third kappa shape index (κ3) is 6.17. The molecule has 0 saturated heterocycles. The highest BCUT2D eigenvalue weighted by molar-refractivity contribution is 5.76. The molecule has 158 valence electrons. The zero-order valence-electron chi connectivity index (χ0n) is 18.0. The summed E-state index contributed by atoms with van der Waals surface area (Å²) in [5.41, 5.74) is 3.37. The molecule has 0 bridgehead atoms. The van der Waals surface area contributed by atoms with Crippen LogP contribution in [-0.4, -0.2) is 36.2 Å². The van der Waals surface area contributed by atoms with E-state index in [9.17, 15) is 4.79 Å². The molecule has 0 aliphatic heterocycles. The molecule has 3 rings (SSSR count). The van der Waals surface area contributed by atoms with E-state index >= 15 is 0 Å². The summed E-state index contributed by atoms with van der Waals surface area (Å²) in [7, 11) is 2.06. The van der Waals surface area contributed by atoms with E-state index < -0.39 is 0 Å². The van der Waals surface area contributed by atoms with Crippen molar-refractivity contribution in [3.63, 3.8) is 0 Å². The molecule has 0 saturated carbocycles. The van der Waals surface area contributed by atoms with Crippen molar-refractivity contribution in [1.29, 1.82) is 0 Å². The second kappa shape index (κ2) is 10.6. The van der Waals surface area contributed by atoms with Gasteiger partial charge in [0.25, 0.3) is 0 Å². The van der Waals surface area contributed by atoms with Crippen molar-refractivity contribution in [2.75, 3.05) is 25.0 Å². The van der Waals surface area contributed by atoms with Gasteiger partial charge in [-0.25, -0.2) is 0 Å². The zero-order valence-corrected chi connectivity index (χ0v) is 18.0.